The summed E-state index contributed by atoms with van der Waals surface area (Å²) in [6, 6.07) is 0. The maximum atomic E-state index is 12.2. The van der Waals surface area contributed by atoms with Crippen LogP contribution in [0.2, 0.25) is 0 Å². The second-order valence-corrected chi connectivity index (χ2v) is 13.6. The largest absolute Gasteiger partial charge is 0.425 e. The Hall–Kier alpha value is -1.14. The van der Waals surface area contributed by atoms with Crippen LogP contribution in [0, 0.1) is 0 Å². The molecular weight excluding hydrogens is 564 g/mol. The van der Waals surface area contributed by atoms with Gasteiger partial charge in [-0.1, -0.05) is 162 Å². The Morgan fingerprint density at radius 1 is 0.422 bits per heavy atom. The van der Waals surface area contributed by atoms with Gasteiger partial charge in [-0.25, -0.2) is 0 Å². The van der Waals surface area contributed by atoms with Gasteiger partial charge >= 0.3 is 11.9 Å². The highest BCUT2D eigenvalue weighted by atomic mass is 16.7. The molecule has 0 aromatic carbocycles. The Labute approximate surface area is 279 Å². The number of esters is 2. The van der Waals surface area contributed by atoms with Crippen LogP contribution in [0.5, 0.6) is 0 Å². The van der Waals surface area contributed by atoms with Gasteiger partial charge in [0.2, 0.25) is 6.29 Å². The third-order valence-corrected chi connectivity index (χ3v) is 8.98. The van der Waals surface area contributed by atoms with Crippen molar-refractivity contribution in [3.05, 3.63) is 0 Å². The van der Waals surface area contributed by atoms with Crippen LogP contribution in [0.3, 0.4) is 0 Å². The molecule has 0 aromatic rings. The molecule has 0 bridgehead atoms. The maximum Gasteiger partial charge on any atom is 0.308 e. The first-order chi connectivity index (χ1) is 21.9. The molecule has 0 amide bonds. The summed E-state index contributed by atoms with van der Waals surface area (Å²) >= 11 is 0. The highest BCUT2D eigenvalue weighted by molar-refractivity contribution is 5.71. The zero-order valence-corrected chi connectivity index (χ0v) is 30.2. The van der Waals surface area contributed by atoms with Crippen molar-refractivity contribution in [3.63, 3.8) is 0 Å². The third-order valence-electron chi connectivity index (χ3n) is 8.98. The number of aliphatic hydroxyl groups is 2. The Morgan fingerprint density at radius 2 is 0.689 bits per heavy atom. The van der Waals surface area contributed by atoms with Crippen molar-refractivity contribution in [1.82, 2.24) is 0 Å². The quantitative estimate of drug-likeness (QED) is 0.0407. The number of aliphatic hydroxyl groups excluding tert-OH is 2. The van der Waals surface area contributed by atoms with Crippen LogP contribution in [0.15, 0.2) is 0 Å². The van der Waals surface area contributed by atoms with Crippen molar-refractivity contribution in [2.24, 2.45) is 0 Å². The van der Waals surface area contributed by atoms with Gasteiger partial charge in [0.25, 0.3) is 0 Å². The zero-order chi connectivity index (χ0) is 33.2. The molecule has 0 spiro atoms. The molecule has 2 N–H and O–H groups in total. The lowest BCUT2D eigenvalue weighted by atomic mass is 10.0. The molecule has 0 fully saturated rings. The Balaban J connectivity index is 3.60. The second-order valence-electron chi connectivity index (χ2n) is 13.6. The molecule has 0 aliphatic heterocycles. The molecule has 2 unspecified atom stereocenters. The van der Waals surface area contributed by atoms with Crippen molar-refractivity contribution in [3.8, 4) is 0 Å². The van der Waals surface area contributed by atoms with Crippen LogP contribution in [0.1, 0.15) is 220 Å². The minimum atomic E-state index is -0.769. The van der Waals surface area contributed by atoms with E-state index >= 15 is 0 Å². The van der Waals surface area contributed by atoms with E-state index in [4.69, 9.17) is 9.47 Å². The van der Waals surface area contributed by atoms with E-state index in [1.54, 1.807) is 0 Å². The van der Waals surface area contributed by atoms with Gasteiger partial charge in [-0.05, 0) is 38.5 Å². The van der Waals surface area contributed by atoms with Crippen LogP contribution in [-0.4, -0.2) is 40.6 Å². The van der Waals surface area contributed by atoms with E-state index in [9.17, 15) is 19.8 Å². The van der Waals surface area contributed by atoms with Crippen molar-refractivity contribution in [2.75, 3.05) is 0 Å². The monoisotopic (exact) mass is 641 g/mol. The number of carbonyl (C=O) groups is 2. The Morgan fingerprint density at radius 3 is 0.978 bits per heavy atom. The van der Waals surface area contributed by atoms with E-state index < -0.39 is 6.29 Å². The standard InChI is InChI=1S/C39H76O6/c1-4-7-9-23-29-35(40)31-25-19-15-11-13-17-21-27-33-37(42)44-39(6-3)45-38(43)34-28-22-18-14-12-16-20-26-32-36(41)30-24-10-8-5-2/h35-36,39-41H,4-34H2,1-3H3. The van der Waals surface area contributed by atoms with Crippen LogP contribution in [0.25, 0.3) is 0 Å². The molecule has 0 saturated carbocycles. The van der Waals surface area contributed by atoms with Gasteiger partial charge in [0.1, 0.15) is 0 Å². The summed E-state index contributed by atoms with van der Waals surface area (Å²) in [5.41, 5.74) is 0. The van der Waals surface area contributed by atoms with Gasteiger partial charge in [0, 0.05) is 19.3 Å². The molecule has 6 heteroatoms. The summed E-state index contributed by atoms with van der Waals surface area (Å²) < 4.78 is 10.8. The van der Waals surface area contributed by atoms with Crippen molar-refractivity contribution in [1.29, 1.82) is 0 Å². The average Bonchev–Trinajstić information content (AvgIpc) is 3.02. The fourth-order valence-electron chi connectivity index (χ4n) is 5.92. The van der Waals surface area contributed by atoms with Crippen LogP contribution in [0.4, 0.5) is 0 Å². The summed E-state index contributed by atoms with van der Waals surface area (Å²) in [6.07, 6.45) is 31.7. The van der Waals surface area contributed by atoms with Gasteiger partial charge in [0.05, 0.1) is 12.2 Å². The molecule has 6 nitrogen and oxygen atoms in total. The number of rotatable bonds is 35. The van der Waals surface area contributed by atoms with E-state index in [1.807, 2.05) is 6.92 Å². The van der Waals surface area contributed by atoms with E-state index in [1.165, 1.54) is 89.9 Å². The van der Waals surface area contributed by atoms with Gasteiger partial charge in [0.15, 0.2) is 0 Å². The third kappa shape index (κ3) is 32.6. The minimum absolute atomic E-state index is 0.116. The average molecular weight is 641 g/mol. The molecule has 2 atom stereocenters. The molecule has 0 aliphatic carbocycles. The van der Waals surface area contributed by atoms with E-state index in [0.717, 1.165) is 89.9 Å². The van der Waals surface area contributed by atoms with Gasteiger partial charge < -0.3 is 19.7 Å². The Kier molecular flexibility index (Phi) is 33.3. The van der Waals surface area contributed by atoms with Gasteiger partial charge in [-0.2, -0.15) is 0 Å². The first kappa shape index (κ1) is 43.9. The zero-order valence-electron chi connectivity index (χ0n) is 30.2. The molecule has 45 heavy (non-hydrogen) atoms. The molecule has 268 valence electrons. The lowest BCUT2D eigenvalue weighted by Crippen LogP contribution is -2.23. The fourth-order valence-corrected chi connectivity index (χ4v) is 5.92. The predicted molar refractivity (Wildman–Crippen MR) is 188 cm³/mol. The molecular formula is C39H76O6. The van der Waals surface area contributed by atoms with Crippen molar-refractivity contribution < 1.29 is 29.3 Å². The second kappa shape index (κ2) is 34.2. The van der Waals surface area contributed by atoms with Crippen LogP contribution < -0.4 is 0 Å². The smallest absolute Gasteiger partial charge is 0.308 e. The molecule has 0 radical (unpaired) electrons. The number of hydrogen-bond donors (Lipinski definition) is 2. The number of unbranched alkanes of at least 4 members (excludes halogenated alkanes) is 20. The maximum absolute atomic E-state index is 12.2. The normalized spacial score (nSPS) is 13.4. The first-order valence-electron chi connectivity index (χ1n) is 19.7. The lowest BCUT2D eigenvalue weighted by Gasteiger charge is -2.16. The number of hydrogen-bond acceptors (Lipinski definition) is 6. The van der Waals surface area contributed by atoms with Crippen molar-refractivity contribution >= 4 is 11.9 Å². The lowest BCUT2D eigenvalue weighted by molar-refractivity contribution is -0.188. The van der Waals surface area contributed by atoms with Crippen molar-refractivity contribution in [2.45, 2.75) is 238 Å². The topological polar surface area (TPSA) is 93.1 Å². The Bertz CT molecular complexity index is 587. The van der Waals surface area contributed by atoms with Crippen LogP contribution >= 0.6 is 0 Å². The van der Waals surface area contributed by atoms with Crippen LogP contribution in [-0.2, 0) is 19.1 Å². The molecule has 0 saturated heterocycles. The summed E-state index contributed by atoms with van der Waals surface area (Å²) in [4.78, 5) is 24.5. The molecule has 0 aliphatic rings. The molecule has 0 rings (SSSR count). The fraction of sp³-hybridized carbons (Fsp3) is 0.949. The summed E-state index contributed by atoms with van der Waals surface area (Å²) in [5.74, 6) is -0.547. The summed E-state index contributed by atoms with van der Waals surface area (Å²) in [5, 5.41) is 20.1. The summed E-state index contributed by atoms with van der Waals surface area (Å²) in [6.45, 7) is 6.30. The number of carbonyl (C=O) groups excluding carboxylic acids is 2. The highest BCUT2D eigenvalue weighted by Crippen LogP contribution is 2.17. The van der Waals surface area contributed by atoms with E-state index in [2.05, 4.69) is 13.8 Å². The highest BCUT2D eigenvalue weighted by Gasteiger charge is 2.17. The van der Waals surface area contributed by atoms with E-state index in [0.29, 0.717) is 19.3 Å². The van der Waals surface area contributed by atoms with Gasteiger partial charge in [-0.3, -0.25) is 9.59 Å². The first-order valence-corrected chi connectivity index (χ1v) is 19.7. The summed E-state index contributed by atoms with van der Waals surface area (Å²) in [7, 11) is 0. The molecule has 0 heterocycles. The predicted octanol–water partition coefficient (Wildman–Crippen LogP) is 11.3. The SMILES string of the molecule is CCCCCCC(O)CCCCCCCCCCC(=O)OC(CC)OC(=O)CCCCCCCCCCC(O)CCCCCC. The number of ether oxygens (including phenoxy) is 2. The van der Waals surface area contributed by atoms with E-state index in [-0.39, 0.29) is 24.1 Å². The molecule has 0 aromatic heterocycles. The van der Waals surface area contributed by atoms with Gasteiger partial charge in [-0.15, -0.1) is 0 Å². The minimum Gasteiger partial charge on any atom is -0.425 e.